The molecule has 120 valence electrons. The van der Waals surface area contributed by atoms with Gasteiger partial charge in [0.15, 0.2) is 0 Å². The Morgan fingerprint density at radius 3 is 2.41 bits per heavy atom. The van der Waals surface area contributed by atoms with Crippen LogP contribution in [0.1, 0.15) is 25.3 Å². The van der Waals surface area contributed by atoms with Crippen molar-refractivity contribution in [3.8, 4) is 0 Å². The Morgan fingerprint density at radius 1 is 1.23 bits per heavy atom. The number of sulfonamides is 1. The minimum atomic E-state index is -3.12. The molecule has 1 amide bonds. The zero-order valence-electron chi connectivity index (χ0n) is 12.8. The standard InChI is InChI=1S/C16H22N2O3S/c1-2-17(10-13-6-4-3-5-7-13)16(19)14-11-18(12-14)22(20,21)15-8-9-15/h3-7,14-15H,2,8-12H2,1H3. The molecule has 0 aromatic heterocycles. The molecule has 0 atom stereocenters. The molecule has 1 aliphatic heterocycles. The highest BCUT2D eigenvalue weighted by molar-refractivity contribution is 7.90. The van der Waals surface area contributed by atoms with Gasteiger partial charge in [0.05, 0.1) is 11.2 Å². The maximum absolute atomic E-state index is 12.5. The van der Waals surface area contributed by atoms with Gasteiger partial charge in [0, 0.05) is 26.2 Å². The Bertz CT molecular complexity index is 635. The average molecular weight is 322 g/mol. The smallest absolute Gasteiger partial charge is 0.228 e. The van der Waals surface area contributed by atoms with Crippen LogP contribution in [-0.4, -0.2) is 48.4 Å². The molecule has 0 spiro atoms. The van der Waals surface area contributed by atoms with Crippen molar-refractivity contribution < 1.29 is 13.2 Å². The first-order valence-corrected chi connectivity index (χ1v) is 9.34. The Labute approximate surface area is 132 Å². The molecule has 6 heteroatoms. The Hall–Kier alpha value is -1.40. The summed E-state index contributed by atoms with van der Waals surface area (Å²) in [5, 5.41) is -0.185. The first kappa shape index (κ1) is 15.5. The lowest BCUT2D eigenvalue weighted by Crippen LogP contribution is -2.56. The molecule has 1 aromatic rings. The fraction of sp³-hybridized carbons (Fsp3) is 0.562. The molecule has 1 aliphatic carbocycles. The molecule has 0 unspecified atom stereocenters. The number of rotatable bonds is 6. The van der Waals surface area contributed by atoms with Crippen molar-refractivity contribution in [2.75, 3.05) is 19.6 Å². The topological polar surface area (TPSA) is 57.7 Å². The Kier molecular flexibility index (Phi) is 4.23. The van der Waals surface area contributed by atoms with Crippen molar-refractivity contribution in [2.24, 2.45) is 5.92 Å². The fourth-order valence-corrected chi connectivity index (χ4v) is 4.72. The van der Waals surface area contributed by atoms with Crippen LogP contribution in [0.5, 0.6) is 0 Å². The monoisotopic (exact) mass is 322 g/mol. The van der Waals surface area contributed by atoms with E-state index in [0.717, 1.165) is 18.4 Å². The van der Waals surface area contributed by atoms with Crippen molar-refractivity contribution in [2.45, 2.75) is 31.6 Å². The number of hydrogen-bond donors (Lipinski definition) is 0. The van der Waals surface area contributed by atoms with Crippen molar-refractivity contribution in [1.82, 2.24) is 9.21 Å². The molecule has 0 radical (unpaired) electrons. The average Bonchev–Trinajstić information content (AvgIpc) is 3.28. The van der Waals surface area contributed by atoms with E-state index in [2.05, 4.69) is 0 Å². The van der Waals surface area contributed by atoms with Crippen LogP contribution < -0.4 is 0 Å². The number of carbonyl (C=O) groups excluding carboxylic acids is 1. The summed E-state index contributed by atoms with van der Waals surface area (Å²) in [6, 6.07) is 9.87. The van der Waals surface area contributed by atoms with Gasteiger partial charge < -0.3 is 4.90 Å². The largest absolute Gasteiger partial charge is 0.338 e. The van der Waals surface area contributed by atoms with E-state index in [1.54, 1.807) is 4.90 Å². The van der Waals surface area contributed by atoms with E-state index in [0.29, 0.717) is 26.2 Å². The third kappa shape index (κ3) is 3.03. The fourth-order valence-electron chi connectivity index (χ4n) is 2.79. The second kappa shape index (κ2) is 6.01. The summed E-state index contributed by atoms with van der Waals surface area (Å²) in [5.74, 6) is -0.120. The molecule has 3 rings (SSSR count). The van der Waals surface area contributed by atoms with E-state index >= 15 is 0 Å². The number of carbonyl (C=O) groups is 1. The number of hydrogen-bond acceptors (Lipinski definition) is 3. The molecule has 5 nitrogen and oxygen atoms in total. The van der Waals surface area contributed by atoms with Crippen LogP contribution in [0.2, 0.25) is 0 Å². The van der Waals surface area contributed by atoms with E-state index in [4.69, 9.17) is 0 Å². The second-order valence-electron chi connectivity index (χ2n) is 6.10. The van der Waals surface area contributed by atoms with Crippen LogP contribution in [-0.2, 0) is 21.4 Å². The summed E-state index contributed by atoms with van der Waals surface area (Å²) in [6.07, 6.45) is 1.54. The van der Waals surface area contributed by atoms with Gasteiger partial charge in [0.2, 0.25) is 15.9 Å². The summed E-state index contributed by atoms with van der Waals surface area (Å²) >= 11 is 0. The van der Waals surface area contributed by atoms with E-state index in [1.807, 2.05) is 37.3 Å². The van der Waals surface area contributed by atoms with Crippen molar-refractivity contribution in [3.63, 3.8) is 0 Å². The quantitative estimate of drug-likeness (QED) is 0.797. The van der Waals surface area contributed by atoms with Gasteiger partial charge in [-0.25, -0.2) is 8.42 Å². The molecular formula is C16H22N2O3S. The third-order valence-electron chi connectivity index (χ3n) is 4.41. The minimum absolute atomic E-state index is 0.0635. The summed E-state index contributed by atoms with van der Waals surface area (Å²) in [5.41, 5.74) is 1.10. The van der Waals surface area contributed by atoms with Gasteiger partial charge in [-0.2, -0.15) is 4.31 Å². The molecule has 2 aliphatic rings. The Balaban J connectivity index is 1.57. The summed E-state index contributed by atoms with van der Waals surface area (Å²) < 4.78 is 25.6. The summed E-state index contributed by atoms with van der Waals surface area (Å²) in [6.45, 7) is 3.88. The van der Waals surface area contributed by atoms with Crippen LogP contribution >= 0.6 is 0 Å². The van der Waals surface area contributed by atoms with Crippen LogP contribution in [0.4, 0.5) is 0 Å². The van der Waals surface area contributed by atoms with Crippen molar-refractivity contribution in [1.29, 1.82) is 0 Å². The summed E-state index contributed by atoms with van der Waals surface area (Å²) in [7, 11) is -3.12. The van der Waals surface area contributed by atoms with Gasteiger partial charge in [-0.15, -0.1) is 0 Å². The zero-order chi connectivity index (χ0) is 15.7. The molecule has 1 aromatic carbocycles. The Morgan fingerprint density at radius 2 is 1.86 bits per heavy atom. The lowest BCUT2D eigenvalue weighted by Gasteiger charge is -2.39. The predicted molar refractivity (Wildman–Crippen MR) is 84.5 cm³/mol. The van der Waals surface area contributed by atoms with Gasteiger partial charge >= 0.3 is 0 Å². The van der Waals surface area contributed by atoms with Crippen molar-refractivity contribution >= 4 is 15.9 Å². The first-order valence-electron chi connectivity index (χ1n) is 7.84. The molecule has 0 N–H and O–H groups in total. The molecular weight excluding hydrogens is 300 g/mol. The van der Waals surface area contributed by atoms with E-state index in [1.165, 1.54) is 4.31 Å². The van der Waals surface area contributed by atoms with Gasteiger partial charge in [0.25, 0.3) is 0 Å². The zero-order valence-corrected chi connectivity index (χ0v) is 13.6. The first-order chi connectivity index (χ1) is 10.5. The van der Waals surface area contributed by atoms with Crippen molar-refractivity contribution in [3.05, 3.63) is 35.9 Å². The highest BCUT2D eigenvalue weighted by atomic mass is 32.2. The molecule has 22 heavy (non-hydrogen) atoms. The molecule has 1 saturated carbocycles. The van der Waals surface area contributed by atoms with Crippen LogP contribution in [0, 0.1) is 5.92 Å². The van der Waals surface area contributed by atoms with Crippen LogP contribution in [0.3, 0.4) is 0 Å². The maximum atomic E-state index is 12.5. The van der Waals surface area contributed by atoms with E-state index < -0.39 is 10.0 Å². The highest BCUT2D eigenvalue weighted by Crippen LogP contribution is 2.34. The lowest BCUT2D eigenvalue weighted by molar-refractivity contribution is -0.139. The van der Waals surface area contributed by atoms with Gasteiger partial charge in [-0.3, -0.25) is 4.79 Å². The lowest BCUT2D eigenvalue weighted by atomic mass is 10.0. The van der Waals surface area contributed by atoms with Crippen LogP contribution in [0.15, 0.2) is 30.3 Å². The molecule has 1 saturated heterocycles. The number of nitrogens with zero attached hydrogens (tertiary/aromatic N) is 2. The molecule has 1 heterocycles. The number of benzene rings is 1. The van der Waals surface area contributed by atoms with E-state index in [9.17, 15) is 13.2 Å². The SMILES string of the molecule is CCN(Cc1ccccc1)C(=O)C1CN(S(=O)(=O)C2CC2)C1. The second-order valence-corrected chi connectivity index (χ2v) is 8.31. The number of amides is 1. The minimum Gasteiger partial charge on any atom is -0.338 e. The summed E-state index contributed by atoms with van der Waals surface area (Å²) in [4.78, 5) is 14.3. The maximum Gasteiger partial charge on any atom is 0.228 e. The van der Waals surface area contributed by atoms with E-state index in [-0.39, 0.29) is 17.1 Å². The van der Waals surface area contributed by atoms with Gasteiger partial charge in [-0.1, -0.05) is 30.3 Å². The molecule has 2 fully saturated rings. The molecule has 0 bridgehead atoms. The highest BCUT2D eigenvalue weighted by Gasteiger charge is 2.47. The predicted octanol–water partition coefficient (Wildman–Crippen LogP) is 1.46. The van der Waals surface area contributed by atoms with Crippen LogP contribution in [0.25, 0.3) is 0 Å². The third-order valence-corrected chi connectivity index (χ3v) is 6.74. The normalized spacial score (nSPS) is 19.7. The van der Waals surface area contributed by atoms with Gasteiger partial charge in [0.1, 0.15) is 0 Å². The van der Waals surface area contributed by atoms with Gasteiger partial charge in [-0.05, 0) is 25.3 Å².